The van der Waals surface area contributed by atoms with Gasteiger partial charge in [-0.2, -0.15) is 0 Å². The number of aromatic nitrogens is 1. The molecule has 0 radical (unpaired) electrons. The van der Waals surface area contributed by atoms with Crippen molar-refractivity contribution in [3.05, 3.63) is 59.7 Å². The lowest BCUT2D eigenvalue weighted by atomic mass is 10.0. The van der Waals surface area contributed by atoms with Gasteiger partial charge >= 0.3 is 0 Å². The fraction of sp³-hybridized carbons (Fsp3) is 0.154. The number of nitrogens with zero attached hydrogens (tertiary/aromatic N) is 1. The number of hydrogen-bond acceptors (Lipinski definition) is 3. The monoisotopic (exact) mass is 232 g/mol. The van der Waals surface area contributed by atoms with Crippen molar-refractivity contribution < 1.29 is 9.13 Å². The molecule has 4 heteroatoms. The summed E-state index contributed by atoms with van der Waals surface area (Å²) in [5.41, 5.74) is 7.32. The van der Waals surface area contributed by atoms with Gasteiger partial charge in [0, 0.05) is 11.8 Å². The third-order valence-corrected chi connectivity index (χ3v) is 2.53. The second kappa shape index (κ2) is 4.93. The maximum absolute atomic E-state index is 13.2. The quantitative estimate of drug-likeness (QED) is 0.883. The van der Waals surface area contributed by atoms with Crippen LogP contribution in [0, 0.1) is 5.82 Å². The normalized spacial score (nSPS) is 12.2. The molecule has 0 aliphatic heterocycles. The Morgan fingerprint density at radius 2 is 2.12 bits per heavy atom. The summed E-state index contributed by atoms with van der Waals surface area (Å²) in [5.74, 6) is 0.219. The highest BCUT2D eigenvalue weighted by atomic mass is 19.1. The summed E-state index contributed by atoms with van der Waals surface area (Å²) in [6.45, 7) is 0. The van der Waals surface area contributed by atoms with Crippen molar-refractivity contribution in [1.29, 1.82) is 0 Å². The van der Waals surface area contributed by atoms with Gasteiger partial charge in [-0.05, 0) is 30.3 Å². The number of rotatable bonds is 3. The number of benzene rings is 1. The van der Waals surface area contributed by atoms with Gasteiger partial charge in [-0.15, -0.1) is 0 Å². The highest BCUT2D eigenvalue weighted by Crippen LogP contribution is 2.27. The summed E-state index contributed by atoms with van der Waals surface area (Å²) >= 11 is 0. The summed E-state index contributed by atoms with van der Waals surface area (Å²) in [4.78, 5) is 4.16. The van der Waals surface area contributed by atoms with E-state index in [1.165, 1.54) is 19.2 Å². The molecule has 3 nitrogen and oxygen atoms in total. The van der Waals surface area contributed by atoms with Crippen LogP contribution in [0.5, 0.6) is 5.75 Å². The van der Waals surface area contributed by atoms with Crippen molar-refractivity contribution in [3.63, 3.8) is 0 Å². The summed E-state index contributed by atoms with van der Waals surface area (Å²) in [6.07, 6.45) is 1.65. The lowest BCUT2D eigenvalue weighted by Gasteiger charge is -2.15. The molecular formula is C13H13FN2O. The van der Waals surface area contributed by atoms with Crippen LogP contribution < -0.4 is 10.5 Å². The van der Waals surface area contributed by atoms with Gasteiger partial charge in [0.2, 0.25) is 0 Å². The van der Waals surface area contributed by atoms with E-state index < -0.39 is 6.04 Å². The molecule has 1 atom stereocenters. The zero-order chi connectivity index (χ0) is 12.3. The van der Waals surface area contributed by atoms with Gasteiger partial charge in [0.25, 0.3) is 0 Å². The molecule has 2 N–H and O–H groups in total. The molecule has 17 heavy (non-hydrogen) atoms. The summed E-state index contributed by atoms with van der Waals surface area (Å²) in [5, 5.41) is 0. The van der Waals surface area contributed by atoms with Gasteiger partial charge in [-0.1, -0.05) is 6.07 Å². The van der Waals surface area contributed by atoms with Gasteiger partial charge in [0.05, 0.1) is 18.8 Å². The van der Waals surface area contributed by atoms with Gasteiger partial charge in [-0.3, -0.25) is 4.98 Å². The van der Waals surface area contributed by atoms with E-state index in [1.807, 2.05) is 6.07 Å². The third kappa shape index (κ3) is 2.42. The van der Waals surface area contributed by atoms with E-state index in [2.05, 4.69) is 4.98 Å². The first kappa shape index (κ1) is 11.5. The zero-order valence-corrected chi connectivity index (χ0v) is 9.43. The number of nitrogens with two attached hydrogens (primary N) is 1. The highest BCUT2D eigenvalue weighted by Gasteiger charge is 2.15. The Morgan fingerprint density at radius 1 is 1.29 bits per heavy atom. The topological polar surface area (TPSA) is 48.1 Å². The van der Waals surface area contributed by atoms with Crippen LogP contribution in [-0.2, 0) is 0 Å². The number of hydrogen-bond donors (Lipinski definition) is 1. The van der Waals surface area contributed by atoms with Gasteiger partial charge in [-0.25, -0.2) is 4.39 Å². The van der Waals surface area contributed by atoms with Crippen LogP contribution in [0.4, 0.5) is 4.39 Å². The van der Waals surface area contributed by atoms with Crippen LogP contribution in [0.1, 0.15) is 17.3 Å². The molecule has 0 amide bonds. The average molecular weight is 232 g/mol. The van der Waals surface area contributed by atoms with E-state index in [-0.39, 0.29) is 5.82 Å². The Morgan fingerprint density at radius 3 is 2.76 bits per heavy atom. The molecule has 0 saturated carbocycles. The molecule has 0 saturated heterocycles. The molecule has 2 rings (SSSR count). The summed E-state index contributed by atoms with van der Waals surface area (Å²) in [7, 11) is 1.53. The molecule has 0 aliphatic rings. The van der Waals surface area contributed by atoms with Crippen molar-refractivity contribution in [2.24, 2.45) is 5.73 Å². The number of methoxy groups -OCH3 is 1. The Kier molecular flexibility index (Phi) is 3.35. The number of halogens is 1. The maximum atomic E-state index is 13.2. The first-order chi connectivity index (χ1) is 8.22. The lowest BCUT2D eigenvalue weighted by molar-refractivity contribution is 0.406. The molecule has 0 aliphatic carbocycles. The van der Waals surface area contributed by atoms with Crippen molar-refractivity contribution in [1.82, 2.24) is 4.98 Å². The van der Waals surface area contributed by atoms with E-state index in [1.54, 1.807) is 24.4 Å². The Balaban J connectivity index is 2.43. The second-order valence-electron chi connectivity index (χ2n) is 3.62. The molecular weight excluding hydrogens is 219 g/mol. The van der Waals surface area contributed by atoms with E-state index in [0.29, 0.717) is 17.0 Å². The Hall–Kier alpha value is -1.94. The standard InChI is InChI=1S/C13H13FN2O/c1-17-12-6-5-9(14)8-10(12)13(15)11-4-2-3-7-16-11/h2-8,13H,15H2,1H3. The fourth-order valence-electron chi connectivity index (χ4n) is 1.67. The van der Waals surface area contributed by atoms with E-state index in [9.17, 15) is 4.39 Å². The maximum Gasteiger partial charge on any atom is 0.124 e. The van der Waals surface area contributed by atoms with Gasteiger partial charge in [0.15, 0.2) is 0 Å². The van der Waals surface area contributed by atoms with Crippen molar-refractivity contribution in [2.45, 2.75) is 6.04 Å². The minimum Gasteiger partial charge on any atom is -0.496 e. The first-order valence-electron chi connectivity index (χ1n) is 5.22. The predicted octanol–water partition coefficient (Wildman–Crippen LogP) is 2.28. The Bertz CT molecular complexity index is 502. The molecule has 1 aromatic heterocycles. The summed E-state index contributed by atoms with van der Waals surface area (Å²) < 4.78 is 18.4. The minimum atomic E-state index is -0.498. The van der Waals surface area contributed by atoms with E-state index in [4.69, 9.17) is 10.5 Å². The molecule has 0 spiro atoms. The second-order valence-corrected chi connectivity index (χ2v) is 3.62. The third-order valence-electron chi connectivity index (χ3n) is 2.53. The largest absolute Gasteiger partial charge is 0.496 e. The first-order valence-corrected chi connectivity index (χ1v) is 5.22. The highest BCUT2D eigenvalue weighted by molar-refractivity contribution is 5.40. The molecule has 0 fully saturated rings. The van der Waals surface area contributed by atoms with Crippen molar-refractivity contribution in [3.8, 4) is 5.75 Å². The lowest BCUT2D eigenvalue weighted by Crippen LogP contribution is -2.14. The van der Waals surface area contributed by atoms with Crippen molar-refractivity contribution >= 4 is 0 Å². The molecule has 1 aromatic carbocycles. The molecule has 0 bridgehead atoms. The SMILES string of the molecule is COc1ccc(F)cc1C(N)c1ccccn1. The van der Waals surface area contributed by atoms with Crippen LogP contribution in [-0.4, -0.2) is 12.1 Å². The number of ether oxygens (including phenoxy) is 1. The molecule has 1 heterocycles. The van der Waals surface area contributed by atoms with Gasteiger partial charge < -0.3 is 10.5 Å². The van der Waals surface area contributed by atoms with Gasteiger partial charge in [0.1, 0.15) is 11.6 Å². The van der Waals surface area contributed by atoms with Crippen LogP contribution in [0.3, 0.4) is 0 Å². The van der Waals surface area contributed by atoms with Crippen LogP contribution >= 0.6 is 0 Å². The van der Waals surface area contributed by atoms with E-state index >= 15 is 0 Å². The average Bonchev–Trinajstić information content (AvgIpc) is 2.39. The van der Waals surface area contributed by atoms with E-state index in [0.717, 1.165) is 0 Å². The molecule has 1 unspecified atom stereocenters. The smallest absolute Gasteiger partial charge is 0.124 e. The van der Waals surface area contributed by atoms with Crippen LogP contribution in [0.15, 0.2) is 42.6 Å². The zero-order valence-electron chi connectivity index (χ0n) is 9.43. The van der Waals surface area contributed by atoms with Crippen LogP contribution in [0.25, 0.3) is 0 Å². The predicted molar refractivity (Wildman–Crippen MR) is 63.2 cm³/mol. The molecule has 88 valence electrons. The summed E-state index contributed by atoms with van der Waals surface area (Å²) in [6, 6.07) is 9.23. The minimum absolute atomic E-state index is 0.341. The molecule has 2 aromatic rings. The number of pyridine rings is 1. The van der Waals surface area contributed by atoms with Crippen molar-refractivity contribution in [2.75, 3.05) is 7.11 Å². The van der Waals surface area contributed by atoms with Crippen LogP contribution in [0.2, 0.25) is 0 Å². The fourth-order valence-corrected chi connectivity index (χ4v) is 1.67. The Labute approximate surface area is 99.1 Å².